The highest BCUT2D eigenvalue weighted by molar-refractivity contribution is 6.31. The Labute approximate surface area is 183 Å². The van der Waals surface area contributed by atoms with Crippen LogP contribution in [-0.2, 0) is 9.53 Å². The molecule has 2 fully saturated rings. The van der Waals surface area contributed by atoms with Crippen molar-refractivity contribution >= 4 is 23.4 Å². The second-order valence-electron chi connectivity index (χ2n) is 8.22. The van der Waals surface area contributed by atoms with Crippen LogP contribution in [0.25, 0.3) is 0 Å². The number of carbonyl (C=O) groups is 2. The molecule has 8 heteroatoms. The zero-order valence-electron chi connectivity index (χ0n) is 18.0. The van der Waals surface area contributed by atoms with Crippen molar-refractivity contribution in [2.45, 2.75) is 38.9 Å². The van der Waals surface area contributed by atoms with Crippen molar-refractivity contribution in [2.75, 3.05) is 46.4 Å². The molecule has 0 radical (unpaired) electrons. The molecular weight excluding hydrogens is 406 g/mol. The van der Waals surface area contributed by atoms with Gasteiger partial charge >= 0.3 is 0 Å². The predicted octanol–water partition coefficient (Wildman–Crippen LogP) is 2.43. The Morgan fingerprint density at radius 3 is 2.50 bits per heavy atom. The Hall–Kier alpha value is -1.83. The van der Waals surface area contributed by atoms with E-state index < -0.39 is 0 Å². The minimum atomic E-state index is -0.108. The summed E-state index contributed by atoms with van der Waals surface area (Å²) >= 11 is 6.05. The van der Waals surface area contributed by atoms with Crippen molar-refractivity contribution in [3.63, 3.8) is 0 Å². The second-order valence-corrected chi connectivity index (χ2v) is 8.66. The number of piperidine rings is 1. The number of amides is 2. The van der Waals surface area contributed by atoms with E-state index in [2.05, 4.69) is 24.1 Å². The SMILES string of the molecule is COc1ccc(Cl)cc1C(=O)N1CCC(C(=O)NCCN2CC(C)OC(C)C2)CC1. The molecule has 1 N–H and O–H groups in total. The van der Waals surface area contributed by atoms with Gasteiger partial charge in [-0.15, -0.1) is 0 Å². The highest BCUT2D eigenvalue weighted by Gasteiger charge is 2.29. The van der Waals surface area contributed by atoms with Crippen LogP contribution >= 0.6 is 11.6 Å². The van der Waals surface area contributed by atoms with Gasteiger partial charge in [0.25, 0.3) is 5.91 Å². The van der Waals surface area contributed by atoms with Gasteiger partial charge in [-0.05, 0) is 44.9 Å². The third-order valence-corrected chi connectivity index (χ3v) is 6.00. The van der Waals surface area contributed by atoms with Crippen molar-refractivity contribution < 1.29 is 19.1 Å². The molecule has 0 aliphatic carbocycles. The molecule has 3 rings (SSSR count). The van der Waals surface area contributed by atoms with E-state index in [1.54, 1.807) is 23.1 Å². The summed E-state index contributed by atoms with van der Waals surface area (Å²) in [7, 11) is 1.54. The zero-order valence-corrected chi connectivity index (χ0v) is 18.8. The summed E-state index contributed by atoms with van der Waals surface area (Å²) < 4.78 is 11.0. The lowest BCUT2D eigenvalue weighted by molar-refractivity contribution is -0.126. The van der Waals surface area contributed by atoms with E-state index in [-0.39, 0.29) is 29.9 Å². The van der Waals surface area contributed by atoms with Gasteiger partial charge in [0.15, 0.2) is 0 Å². The maximum absolute atomic E-state index is 12.9. The predicted molar refractivity (Wildman–Crippen MR) is 116 cm³/mol. The molecule has 2 aliphatic rings. The normalized spacial score (nSPS) is 23.3. The maximum atomic E-state index is 12.9. The number of rotatable bonds is 6. The number of benzene rings is 1. The zero-order chi connectivity index (χ0) is 21.7. The largest absolute Gasteiger partial charge is 0.496 e. The lowest BCUT2D eigenvalue weighted by Gasteiger charge is -2.35. The quantitative estimate of drug-likeness (QED) is 0.740. The van der Waals surface area contributed by atoms with Gasteiger partial charge in [-0.2, -0.15) is 0 Å². The number of hydrogen-bond donors (Lipinski definition) is 1. The number of likely N-dealkylation sites (tertiary alicyclic amines) is 1. The van der Waals surface area contributed by atoms with Gasteiger partial charge in [-0.1, -0.05) is 11.6 Å². The Kier molecular flexibility index (Phi) is 7.97. The molecule has 2 amide bonds. The number of halogens is 1. The molecule has 1 aromatic carbocycles. The highest BCUT2D eigenvalue weighted by atomic mass is 35.5. The average molecular weight is 438 g/mol. The minimum Gasteiger partial charge on any atom is -0.496 e. The number of nitrogens with zero attached hydrogens (tertiary/aromatic N) is 2. The highest BCUT2D eigenvalue weighted by Crippen LogP contribution is 2.26. The molecule has 2 heterocycles. The fourth-order valence-corrected chi connectivity index (χ4v) is 4.48. The van der Waals surface area contributed by atoms with Gasteiger partial charge in [0.05, 0.1) is 24.9 Å². The maximum Gasteiger partial charge on any atom is 0.257 e. The Morgan fingerprint density at radius 2 is 1.87 bits per heavy atom. The smallest absolute Gasteiger partial charge is 0.257 e. The van der Waals surface area contributed by atoms with E-state index >= 15 is 0 Å². The third-order valence-electron chi connectivity index (χ3n) is 5.77. The van der Waals surface area contributed by atoms with E-state index in [1.165, 1.54) is 7.11 Å². The first-order valence-corrected chi connectivity index (χ1v) is 11.0. The van der Waals surface area contributed by atoms with Crippen molar-refractivity contribution in [1.29, 1.82) is 0 Å². The summed E-state index contributed by atoms with van der Waals surface area (Å²) in [6.07, 6.45) is 1.77. The Morgan fingerprint density at radius 1 is 1.20 bits per heavy atom. The van der Waals surface area contributed by atoms with Crippen molar-refractivity contribution in [3.8, 4) is 5.75 Å². The summed E-state index contributed by atoms with van der Waals surface area (Å²) in [4.78, 5) is 29.5. The molecular formula is C22H32ClN3O4. The van der Waals surface area contributed by atoms with Crippen LogP contribution in [0.15, 0.2) is 18.2 Å². The molecule has 2 unspecified atom stereocenters. The molecule has 166 valence electrons. The number of carbonyl (C=O) groups excluding carboxylic acids is 2. The van der Waals surface area contributed by atoms with Crippen molar-refractivity contribution in [2.24, 2.45) is 5.92 Å². The first-order valence-electron chi connectivity index (χ1n) is 10.7. The number of ether oxygens (including phenoxy) is 2. The molecule has 2 aliphatic heterocycles. The number of nitrogens with one attached hydrogen (secondary N) is 1. The summed E-state index contributed by atoms with van der Waals surface area (Å²) in [5.74, 6) is 0.425. The van der Waals surface area contributed by atoms with Crippen molar-refractivity contribution in [3.05, 3.63) is 28.8 Å². The van der Waals surface area contributed by atoms with E-state index in [9.17, 15) is 9.59 Å². The second kappa shape index (κ2) is 10.5. The van der Waals surface area contributed by atoms with Crippen LogP contribution in [0.1, 0.15) is 37.0 Å². The number of methoxy groups -OCH3 is 1. The lowest BCUT2D eigenvalue weighted by atomic mass is 9.95. The fraction of sp³-hybridized carbons (Fsp3) is 0.636. The Bertz CT molecular complexity index is 742. The summed E-state index contributed by atoms with van der Waals surface area (Å²) in [5, 5.41) is 3.57. The van der Waals surface area contributed by atoms with Crippen LogP contribution in [0.5, 0.6) is 5.75 Å². The summed E-state index contributed by atoms with van der Waals surface area (Å²) in [6, 6.07) is 5.03. The number of morpholine rings is 1. The molecule has 0 saturated carbocycles. The first kappa shape index (κ1) is 22.8. The van der Waals surface area contributed by atoms with Crippen molar-refractivity contribution in [1.82, 2.24) is 15.1 Å². The van der Waals surface area contributed by atoms with Gasteiger partial charge < -0.3 is 19.7 Å². The Balaban J connectivity index is 1.44. The van der Waals surface area contributed by atoms with Gasteiger partial charge in [-0.3, -0.25) is 14.5 Å². The molecule has 2 atom stereocenters. The lowest BCUT2D eigenvalue weighted by Crippen LogP contribution is -2.49. The molecule has 0 aromatic heterocycles. The fourth-order valence-electron chi connectivity index (χ4n) is 4.31. The average Bonchev–Trinajstić information content (AvgIpc) is 2.72. The third kappa shape index (κ3) is 5.86. The molecule has 0 bridgehead atoms. The van der Waals surface area contributed by atoms with Gasteiger partial charge in [0.1, 0.15) is 5.75 Å². The summed E-state index contributed by atoms with van der Waals surface area (Å²) in [6.45, 7) is 8.51. The van der Waals surface area contributed by atoms with Gasteiger partial charge in [-0.25, -0.2) is 0 Å². The van der Waals surface area contributed by atoms with E-state index in [0.29, 0.717) is 48.8 Å². The van der Waals surface area contributed by atoms with Crippen LogP contribution in [0.3, 0.4) is 0 Å². The van der Waals surface area contributed by atoms with Gasteiger partial charge in [0.2, 0.25) is 5.91 Å². The van der Waals surface area contributed by atoms with Crippen LogP contribution in [0.4, 0.5) is 0 Å². The van der Waals surface area contributed by atoms with Crippen LogP contribution in [0, 0.1) is 5.92 Å². The van der Waals surface area contributed by atoms with Gasteiger partial charge in [0, 0.05) is 50.2 Å². The number of hydrogen-bond acceptors (Lipinski definition) is 5. The van der Waals surface area contributed by atoms with Crippen LogP contribution in [-0.4, -0.2) is 80.2 Å². The van der Waals surface area contributed by atoms with Crippen LogP contribution < -0.4 is 10.1 Å². The molecule has 0 spiro atoms. The van der Waals surface area contributed by atoms with E-state index in [0.717, 1.165) is 19.6 Å². The topological polar surface area (TPSA) is 71.1 Å². The summed E-state index contributed by atoms with van der Waals surface area (Å²) in [5.41, 5.74) is 0.460. The monoisotopic (exact) mass is 437 g/mol. The van der Waals surface area contributed by atoms with E-state index in [1.807, 2.05) is 0 Å². The molecule has 1 aromatic rings. The minimum absolute atomic E-state index is 0.0576. The van der Waals surface area contributed by atoms with E-state index in [4.69, 9.17) is 21.1 Å². The first-order chi connectivity index (χ1) is 14.4. The molecule has 7 nitrogen and oxygen atoms in total. The standard InChI is InChI=1S/C22H32ClN3O4/c1-15-13-25(14-16(2)30-15)11-8-24-21(27)17-6-9-26(10-7-17)22(28)19-12-18(23)4-5-20(19)29-3/h4-5,12,15-17H,6-11,13-14H2,1-3H3,(H,24,27). The van der Waals surface area contributed by atoms with Crippen LogP contribution in [0.2, 0.25) is 5.02 Å². The molecule has 30 heavy (non-hydrogen) atoms. The molecule has 2 saturated heterocycles.